The fraction of sp³-hybridized carbons (Fsp3) is 0.556. The monoisotopic (exact) mass is 366 g/mol. The lowest BCUT2D eigenvalue weighted by Crippen LogP contribution is -2.68. The van der Waals surface area contributed by atoms with Gasteiger partial charge in [0.05, 0.1) is 6.10 Å². The molecule has 2 amide bonds. The van der Waals surface area contributed by atoms with Crippen molar-refractivity contribution in [2.75, 3.05) is 14.1 Å². The Morgan fingerprint density at radius 3 is 2.04 bits per heavy atom. The number of hydrogen-bond acceptors (Lipinski definition) is 6. The van der Waals surface area contributed by atoms with E-state index in [2.05, 4.69) is 10.6 Å². The maximum absolute atomic E-state index is 12.9. The Kier molecular flexibility index (Phi) is 6.35. The van der Waals surface area contributed by atoms with Crippen molar-refractivity contribution >= 4 is 11.8 Å². The quantitative estimate of drug-likeness (QED) is 0.407. The number of carbonyl (C=O) groups excluding carboxylic acids is 2. The van der Waals surface area contributed by atoms with Gasteiger partial charge in [0.2, 0.25) is 11.8 Å². The van der Waals surface area contributed by atoms with Crippen LogP contribution < -0.4 is 10.6 Å². The molecule has 5 N–H and O–H groups in total. The Hall–Kier alpha value is -2.00. The van der Waals surface area contributed by atoms with E-state index in [-0.39, 0.29) is 6.42 Å². The van der Waals surface area contributed by atoms with Crippen molar-refractivity contribution in [2.45, 2.75) is 43.9 Å². The molecule has 0 radical (unpaired) electrons. The first kappa shape index (κ1) is 20.3. The van der Waals surface area contributed by atoms with E-state index in [9.17, 15) is 24.9 Å². The van der Waals surface area contributed by atoms with Crippen LogP contribution in [0.5, 0.6) is 0 Å². The average Bonchev–Trinajstić information content (AvgIpc) is 2.67. The maximum atomic E-state index is 12.9. The molecule has 1 saturated heterocycles. The zero-order valence-corrected chi connectivity index (χ0v) is 15.0. The third-order valence-corrected chi connectivity index (χ3v) is 4.93. The summed E-state index contributed by atoms with van der Waals surface area (Å²) < 4.78 is 5.68. The highest BCUT2D eigenvalue weighted by Crippen LogP contribution is 2.37. The van der Waals surface area contributed by atoms with Gasteiger partial charge >= 0.3 is 0 Å². The summed E-state index contributed by atoms with van der Waals surface area (Å²) in [4.78, 5) is 25.7. The standard InChI is InChI=1S/C18H26N2O6/c1-10-12(21)13(22)14(23)15(26-10)18(16(24)19-2,17(25)20-3)9-11-7-5-4-6-8-11/h4-8,10,12-15,21-23H,9H2,1-3H3,(H,19,24)(H,20,25)/t10-,12+,13+,14-,15-/m1/s1. The minimum absolute atomic E-state index is 0.0511. The van der Waals surface area contributed by atoms with Gasteiger partial charge in [0.25, 0.3) is 0 Å². The van der Waals surface area contributed by atoms with Crippen LogP contribution in [0, 0.1) is 5.41 Å². The molecule has 5 atom stereocenters. The second kappa shape index (κ2) is 8.13. The number of aliphatic hydroxyl groups is 3. The number of aliphatic hydroxyl groups excluding tert-OH is 3. The largest absolute Gasteiger partial charge is 0.388 e. The number of hydrogen-bond donors (Lipinski definition) is 5. The third kappa shape index (κ3) is 3.45. The van der Waals surface area contributed by atoms with Crippen LogP contribution in [0.3, 0.4) is 0 Å². The summed E-state index contributed by atoms with van der Waals surface area (Å²) in [5.41, 5.74) is -1.15. The molecule has 1 fully saturated rings. The zero-order chi connectivity index (χ0) is 19.5. The van der Waals surface area contributed by atoms with Gasteiger partial charge in [0.15, 0.2) is 5.41 Å². The predicted molar refractivity (Wildman–Crippen MR) is 93.1 cm³/mol. The number of nitrogens with one attached hydrogen (secondary N) is 2. The van der Waals surface area contributed by atoms with Crippen LogP contribution in [0.1, 0.15) is 12.5 Å². The maximum Gasteiger partial charge on any atom is 0.238 e. The van der Waals surface area contributed by atoms with Gasteiger partial charge in [-0.3, -0.25) is 9.59 Å². The predicted octanol–water partition coefficient (Wildman–Crippen LogP) is -1.42. The number of amides is 2. The van der Waals surface area contributed by atoms with Gasteiger partial charge in [-0.1, -0.05) is 30.3 Å². The molecule has 0 aliphatic carbocycles. The number of benzene rings is 1. The Labute approximate surface area is 152 Å². The van der Waals surface area contributed by atoms with E-state index < -0.39 is 47.7 Å². The highest BCUT2D eigenvalue weighted by Gasteiger charge is 2.59. The highest BCUT2D eigenvalue weighted by molar-refractivity contribution is 6.06. The molecule has 0 bridgehead atoms. The molecule has 1 aliphatic rings. The van der Waals surface area contributed by atoms with Crippen molar-refractivity contribution in [3.63, 3.8) is 0 Å². The van der Waals surface area contributed by atoms with Crippen LogP contribution in [0.15, 0.2) is 30.3 Å². The van der Waals surface area contributed by atoms with Crippen molar-refractivity contribution in [3.05, 3.63) is 35.9 Å². The van der Waals surface area contributed by atoms with Crippen LogP contribution in [-0.2, 0) is 20.7 Å². The Balaban J connectivity index is 2.57. The van der Waals surface area contributed by atoms with Gasteiger partial charge in [-0.05, 0) is 18.9 Å². The molecular weight excluding hydrogens is 340 g/mol. The molecule has 144 valence electrons. The number of ether oxygens (including phenoxy) is 1. The first-order valence-corrected chi connectivity index (χ1v) is 8.47. The Morgan fingerprint density at radius 2 is 1.54 bits per heavy atom. The molecule has 0 spiro atoms. The first-order valence-electron chi connectivity index (χ1n) is 8.47. The zero-order valence-electron chi connectivity index (χ0n) is 15.0. The molecular formula is C18H26N2O6. The molecule has 1 aromatic carbocycles. The SMILES string of the molecule is CNC(=O)C(Cc1ccccc1)(C(=O)NC)[C@@H]1O[C@H](C)[C@H](O)[C@H](O)[C@H]1O. The van der Waals surface area contributed by atoms with E-state index in [1.807, 2.05) is 0 Å². The van der Waals surface area contributed by atoms with E-state index >= 15 is 0 Å². The molecule has 0 saturated carbocycles. The average molecular weight is 366 g/mol. The molecule has 0 unspecified atom stereocenters. The fourth-order valence-electron chi connectivity index (χ4n) is 3.45. The summed E-state index contributed by atoms with van der Waals surface area (Å²) in [6.45, 7) is 1.51. The van der Waals surface area contributed by atoms with Gasteiger partial charge in [-0.2, -0.15) is 0 Å². The van der Waals surface area contributed by atoms with E-state index in [0.29, 0.717) is 5.56 Å². The van der Waals surface area contributed by atoms with Gasteiger partial charge in [0, 0.05) is 14.1 Å². The minimum atomic E-state index is -1.83. The molecule has 1 aliphatic heterocycles. The van der Waals surface area contributed by atoms with E-state index in [0.717, 1.165) is 0 Å². The Bertz CT molecular complexity index is 622. The van der Waals surface area contributed by atoms with E-state index in [4.69, 9.17) is 4.74 Å². The number of rotatable bonds is 5. The second-order valence-corrected chi connectivity index (χ2v) is 6.53. The van der Waals surface area contributed by atoms with Crippen LogP contribution in [-0.4, -0.2) is 71.7 Å². The first-order chi connectivity index (χ1) is 12.3. The van der Waals surface area contributed by atoms with Gasteiger partial charge in [0.1, 0.15) is 24.4 Å². The van der Waals surface area contributed by atoms with Gasteiger partial charge in [-0.25, -0.2) is 0 Å². The summed E-state index contributed by atoms with van der Waals surface area (Å²) in [5, 5.41) is 35.6. The molecule has 0 aromatic heterocycles. The fourth-order valence-corrected chi connectivity index (χ4v) is 3.45. The van der Waals surface area contributed by atoms with Crippen molar-refractivity contribution in [1.82, 2.24) is 10.6 Å². The summed E-state index contributed by atoms with van der Waals surface area (Å²) >= 11 is 0. The second-order valence-electron chi connectivity index (χ2n) is 6.53. The summed E-state index contributed by atoms with van der Waals surface area (Å²) in [6, 6.07) is 8.86. The Morgan fingerprint density at radius 1 is 1.00 bits per heavy atom. The van der Waals surface area contributed by atoms with Crippen LogP contribution in [0.2, 0.25) is 0 Å². The smallest absolute Gasteiger partial charge is 0.238 e. The van der Waals surface area contributed by atoms with Gasteiger partial charge < -0.3 is 30.7 Å². The van der Waals surface area contributed by atoms with Crippen LogP contribution in [0.4, 0.5) is 0 Å². The highest BCUT2D eigenvalue weighted by atomic mass is 16.5. The van der Waals surface area contributed by atoms with Crippen LogP contribution >= 0.6 is 0 Å². The molecule has 8 heteroatoms. The summed E-state index contributed by atoms with van der Waals surface area (Å²) in [7, 11) is 2.77. The summed E-state index contributed by atoms with van der Waals surface area (Å²) in [5.74, 6) is -1.30. The molecule has 1 aromatic rings. The lowest BCUT2D eigenvalue weighted by molar-refractivity contribution is -0.242. The van der Waals surface area contributed by atoms with E-state index in [1.54, 1.807) is 30.3 Å². The van der Waals surface area contributed by atoms with Crippen molar-refractivity contribution in [1.29, 1.82) is 0 Å². The summed E-state index contributed by atoms with van der Waals surface area (Å²) in [6.07, 6.45) is -6.78. The van der Waals surface area contributed by atoms with Crippen molar-refractivity contribution in [2.24, 2.45) is 5.41 Å². The van der Waals surface area contributed by atoms with Crippen molar-refractivity contribution < 1.29 is 29.6 Å². The topological polar surface area (TPSA) is 128 Å². The van der Waals surface area contributed by atoms with Gasteiger partial charge in [-0.15, -0.1) is 0 Å². The minimum Gasteiger partial charge on any atom is -0.388 e. The van der Waals surface area contributed by atoms with Crippen molar-refractivity contribution in [3.8, 4) is 0 Å². The molecule has 26 heavy (non-hydrogen) atoms. The lowest BCUT2D eigenvalue weighted by atomic mass is 9.70. The number of carbonyl (C=O) groups is 2. The lowest BCUT2D eigenvalue weighted by Gasteiger charge is -2.47. The van der Waals surface area contributed by atoms with E-state index in [1.165, 1.54) is 21.0 Å². The molecule has 2 rings (SSSR count). The van der Waals surface area contributed by atoms with Crippen LogP contribution in [0.25, 0.3) is 0 Å². The molecule has 1 heterocycles. The molecule has 8 nitrogen and oxygen atoms in total. The third-order valence-electron chi connectivity index (χ3n) is 4.93. The normalized spacial score (nSPS) is 29.1.